The number of hydrogen-bond donors (Lipinski definition) is 2. The molecule has 5 aliphatic rings. The number of hydrogen-bond acceptors (Lipinski definition) is 11. The summed E-state index contributed by atoms with van der Waals surface area (Å²) in [5, 5.41) is 24.0. The molecule has 0 spiro atoms. The molecule has 1 aromatic carbocycles. The van der Waals surface area contributed by atoms with Gasteiger partial charge in [0, 0.05) is 29.6 Å². The number of hydroxylamine groups is 2. The van der Waals surface area contributed by atoms with Crippen molar-refractivity contribution < 1.29 is 57.7 Å². The highest BCUT2D eigenvalue weighted by molar-refractivity contribution is 6.02. The summed E-state index contributed by atoms with van der Waals surface area (Å²) in [5.41, 5.74) is -4.84. The maximum Gasteiger partial charge on any atom is 0.509 e. The highest BCUT2D eigenvalue weighted by Gasteiger charge is 2.75. The minimum Gasteiger partial charge on any atom is -0.429 e. The van der Waals surface area contributed by atoms with E-state index in [2.05, 4.69) is 0 Å². The van der Waals surface area contributed by atoms with Crippen LogP contribution in [0, 0.1) is 28.6 Å². The predicted molar refractivity (Wildman–Crippen MR) is 166 cm³/mol. The molecule has 262 valence electrons. The SMILES string of the molecule is C[C@@H]1C[C@H]2[C@@H]3CCC4=CC(=O)C=C[C@]4(C)[C@@]3(F)[C@@H](O)C[C@]2(C)[C@@]1(O)C(=O)COC(=O)OCc1ccc(CC(=O)ON2C(=O)CCC2=O)cc1. The Bertz CT molecular complexity index is 1650. The van der Waals surface area contributed by atoms with E-state index in [9.17, 15) is 39.0 Å². The fourth-order valence-corrected chi connectivity index (χ4v) is 9.27. The van der Waals surface area contributed by atoms with Crippen molar-refractivity contribution in [2.24, 2.45) is 28.6 Å². The molecule has 49 heavy (non-hydrogen) atoms. The maximum atomic E-state index is 17.4. The van der Waals surface area contributed by atoms with Crippen molar-refractivity contribution in [3.05, 3.63) is 59.2 Å². The number of Topliss-reactive ketones (excluding diaryl/α,β-unsaturated/α-hetero) is 1. The average Bonchev–Trinajstić information content (AvgIpc) is 3.47. The van der Waals surface area contributed by atoms with Crippen LogP contribution < -0.4 is 0 Å². The molecule has 12 nitrogen and oxygen atoms in total. The van der Waals surface area contributed by atoms with Gasteiger partial charge in [-0.15, -0.1) is 5.06 Å². The molecule has 1 aliphatic heterocycles. The van der Waals surface area contributed by atoms with Crippen LogP contribution in [0.1, 0.15) is 70.4 Å². The topological polar surface area (TPSA) is 174 Å². The second-order valence-electron chi connectivity index (χ2n) is 14.5. The van der Waals surface area contributed by atoms with E-state index in [-0.39, 0.29) is 38.1 Å². The van der Waals surface area contributed by atoms with Gasteiger partial charge in [0.05, 0.1) is 12.5 Å². The Morgan fingerprint density at radius 3 is 2.31 bits per heavy atom. The third kappa shape index (κ3) is 5.41. The zero-order valence-electron chi connectivity index (χ0n) is 27.6. The molecular weight excluding hydrogens is 641 g/mol. The summed E-state index contributed by atoms with van der Waals surface area (Å²) in [7, 11) is 0. The molecule has 0 unspecified atom stereocenters. The smallest absolute Gasteiger partial charge is 0.429 e. The number of carbonyl (C=O) groups excluding carboxylic acids is 6. The van der Waals surface area contributed by atoms with Crippen LogP contribution in [-0.2, 0) is 51.3 Å². The molecular formula is C36H40FNO11. The van der Waals surface area contributed by atoms with Crippen LogP contribution in [0.2, 0.25) is 0 Å². The van der Waals surface area contributed by atoms with Gasteiger partial charge in [-0.3, -0.25) is 19.2 Å². The molecule has 1 saturated heterocycles. The number of nitrogens with zero attached hydrogens (tertiary/aromatic N) is 1. The van der Waals surface area contributed by atoms with Crippen molar-refractivity contribution in [2.75, 3.05) is 6.61 Å². The highest BCUT2D eigenvalue weighted by atomic mass is 19.1. The van der Waals surface area contributed by atoms with Crippen LogP contribution in [0.3, 0.4) is 0 Å². The molecule has 4 aliphatic carbocycles. The van der Waals surface area contributed by atoms with E-state index < -0.39 is 82.3 Å². The van der Waals surface area contributed by atoms with Crippen LogP contribution in [0.4, 0.5) is 9.18 Å². The molecule has 1 aromatic rings. The lowest BCUT2D eigenvalue weighted by Gasteiger charge is -2.62. The minimum absolute atomic E-state index is 0.00902. The molecule has 2 N–H and O–H groups in total. The number of imide groups is 1. The summed E-state index contributed by atoms with van der Waals surface area (Å²) in [6.07, 6.45) is 2.36. The van der Waals surface area contributed by atoms with Gasteiger partial charge >= 0.3 is 12.1 Å². The van der Waals surface area contributed by atoms with E-state index in [1.165, 1.54) is 12.2 Å². The van der Waals surface area contributed by atoms with E-state index >= 15 is 4.39 Å². The summed E-state index contributed by atoms with van der Waals surface area (Å²) in [6.45, 7) is 4.08. The Morgan fingerprint density at radius 2 is 1.63 bits per heavy atom. The Morgan fingerprint density at radius 1 is 0.980 bits per heavy atom. The van der Waals surface area contributed by atoms with E-state index in [1.54, 1.807) is 51.1 Å². The number of amides is 2. The number of benzene rings is 1. The van der Waals surface area contributed by atoms with Crippen LogP contribution >= 0.6 is 0 Å². The van der Waals surface area contributed by atoms with Crippen molar-refractivity contribution >= 4 is 35.5 Å². The van der Waals surface area contributed by atoms with Gasteiger partial charge in [-0.25, -0.2) is 14.0 Å². The molecule has 4 fully saturated rings. The standard InChI is InChI=1S/C36H40FNO11/c1-20-14-26-25-9-8-23-16-24(39)12-13-33(23,2)35(25,37)27(40)17-34(26,3)36(20,46)28(41)19-48-32(45)47-18-22-6-4-21(5-7-22)15-31(44)49-38-29(42)10-11-30(38)43/h4-7,12-13,16,20,25-27,40,46H,8-11,14-15,17-19H2,1-3H3/t20-,25+,26+,27+,33+,34+,35+,36+/m1/s1. The number of fused-ring (bicyclic) bond motifs is 5. The van der Waals surface area contributed by atoms with Gasteiger partial charge in [0.2, 0.25) is 5.78 Å². The van der Waals surface area contributed by atoms with E-state index in [0.717, 1.165) is 0 Å². The molecule has 0 bridgehead atoms. The molecule has 2 amide bonds. The van der Waals surface area contributed by atoms with E-state index in [4.69, 9.17) is 14.3 Å². The molecule has 0 radical (unpaired) electrons. The number of ketones is 2. The van der Waals surface area contributed by atoms with Gasteiger partial charge in [0.1, 0.15) is 12.2 Å². The number of aliphatic hydroxyl groups is 2. The quantitative estimate of drug-likeness (QED) is 0.304. The molecule has 6 rings (SSSR count). The molecule has 8 atom stereocenters. The Labute approximate surface area is 282 Å². The monoisotopic (exact) mass is 681 g/mol. The number of rotatable bonds is 8. The van der Waals surface area contributed by atoms with E-state index in [1.807, 2.05) is 0 Å². The lowest BCUT2D eigenvalue weighted by Crippen LogP contribution is -2.69. The largest absolute Gasteiger partial charge is 0.509 e. The number of allylic oxidation sites excluding steroid dienone is 4. The van der Waals surface area contributed by atoms with Crippen molar-refractivity contribution in [2.45, 2.75) is 89.7 Å². The van der Waals surface area contributed by atoms with Crippen molar-refractivity contribution in [1.82, 2.24) is 5.06 Å². The Kier molecular flexibility index (Phi) is 8.67. The van der Waals surface area contributed by atoms with Crippen molar-refractivity contribution in [3.8, 4) is 0 Å². The van der Waals surface area contributed by atoms with Gasteiger partial charge in [0.25, 0.3) is 11.8 Å². The summed E-state index contributed by atoms with van der Waals surface area (Å²) in [6, 6.07) is 6.33. The van der Waals surface area contributed by atoms with E-state index in [0.29, 0.717) is 41.0 Å². The zero-order valence-corrected chi connectivity index (χ0v) is 27.6. The second-order valence-corrected chi connectivity index (χ2v) is 14.5. The Hall–Kier alpha value is -4.23. The number of carbonyl (C=O) groups is 6. The van der Waals surface area contributed by atoms with Crippen LogP contribution in [0.25, 0.3) is 0 Å². The molecule has 3 saturated carbocycles. The average molecular weight is 682 g/mol. The first kappa shape index (κ1) is 34.6. The lowest BCUT2D eigenvalue weighted by atomic mass is 9.44. The summed E-state index contributed by atoms with van der Waals surface area (Å²) in [5.74, 6) is -4.69. The molecule has 13 heteroatoms. The minimum atomic E-state index is -2.11. The third-order valence-corrected chi connectivity index (χ3v) is 11.9. The van der Waals surface area contributed by atoms with Crippen molar-refractivity contribution in [3.63, 3.8) is 0 Å². The lowest BCUT2D eigenvalue weighted by molar-refractivity contribution is -0.219. The molecule has 0 aromatic heterocycles. The van der Waals surface area contributed by atoms with Crippen LogP contribution in [0.5, 0.6) is 0 Å². The molecule has 1 heterocycles. The summed E-state index contributed by atoms with van der Waals surface area (Å²) >= 11 is 0. The first-order chi connectivity index (χ1) is 23.0. The van der Waals surface area contributed by atoms with Gasteiger partial charge < -0.3 is 24.5 Å². The first-order valence-electron chi connectivity index (χ1n) is 16.6. The fraction of sp³-hybridized carbons (Fsp3) is 0.556. The highest BCUT2D eigenvalue weighted by Crippen LogP contribution is 2.70. The predicted octanol–water partition coefficient (Wildman–Crippen LogP) is 3.41. The van der Waals surface area contributed by atoms with Crippen LogP contribution in [-0.4, -0.2) is 74.8 Å². The number of alkyl halides is 1. The van der Waals surface area contributed by atoms with Gasteiger partial charge in [-0.1, -0.05) is 49.8 Å². The third-order valence-electron chi connectivity index (χ3n) is 11.9. The number of ether oxygens (including phenoxy) is 2. The summed E-state index contributed by atoms with van der Waals surface area (Å²) in [4.78, 5) is 78.5. The van der Waals surface area contributed by atoms with Crippen molar-refractivity contribution in [1.29, 1.82) is 0 Å². The van der Waals surface area contributed by atoms with Gasteiger partial charge in [-0.2, -0.15) is 0 Å². The van der Waals surface area contributed by atoms with Gasteiger partial charge in [-0.05, 0) is 67.7 Å². The maximum absolute atomic E-state index is 17.4. The number of aliphatic hydroxyl groups excluding tert-OH is 1. The summed E-state index contributed by atoms with van der Waals surface area (Å²) < 4.78 is 27.6. The number of halogens is 1. The fourth-order valence-electron chi connectivity index (χ4n) is 9.27. The normalized spacial score (nSPS) is 36.4. The van der Waals surface area contributed by atoms with Gasteiger partial charge in [0.15, 0.2) is 18.1 Å². The second kappa shape index (κ2) is 12.3. The zero-order chi connectivity index (χ0) is 35.5. The van der Waals surface area contributed by atoms with Crippen LogP contribution in [0.15, 0.2) is 48.1 Å². The Balaban J connectivity index is 1.05. The first-order valence-corrected chi connectivity index (χ1v) is 16.6.